The van der Waals surface area contributed by atoms with E-state index in [9.17, 15) is 9.59 Å². The Bertz CT molecular complexity index is 892. The number of aromatic nitrogens is 2. The van der Waals surface area contributed by atoms with Crippen LogP contribution in [0.15, 0.2) is 24.3 Å². The third-order valence-corrected chi connectivity index (χ3v) is 5.13. The molecule has 0 saturated heterocycles. The molecule has 148 valence electrons. The second-order valence-electron chi connectivity index (χ2n) is 7.73. The first-order valence-corrected chi connectivity index (χ1v) is 9.69. The largest absolute Gasteiger partial charge is 0.446 e. The predicted molar refractivity (Wildman–Crippen MR) is 106 cm³/mol. The lowest BCUT2D eigenvalue weighted by molar-refractivity contribution is -0.115. The Morgan fingerprint density at radius 1 is 1.32 bits per heavy atom. The van der Waals surface area contributed by atoms with Gasteiger partial charge in [-0.1, -0.05) is 12.1 Å². The van der Waals surface area contributed by atoms with Gasteiger partial charge in [0.25, 0.3) is 0 Å². The number of para-hydroxylation sites is 1. The Balaban J connectivity index is 1.38. The van der Waals surface area contributed by atoms with Gasteiger partial charge in [0.1, 0.15) is 6.10 Å². The Morgan fingerprint density at radius 2 is 2.18 bits per heavy atom. The fourth-order valence-electron chi connectivity index (χ4n) is 3.85. The van der Waals surface area contributed by atoms with Crippen molar-refractivity contribution in [3.05, 3.63) is 35.5 Å². The first-order valence-electron chi connectivity index (χ1n) is 9.69. The number of amides is 2. The molecule has 1 unspecified atom stereocenters. The zero-order valence-corrected chi connectivity index (χ0v) is 16.0. The highest BCUT2D eigenvalue weighted by atomic mass is 16.6. The number of anilines is 3. The monoisotopic (exact) mass is 383 g/mol. The second kappa shape index (κ2) is 7.53. The van der Waals surface area contributed by atoms with Gasteiger partial charge in [-0.2, -0.15) is 5.10 Å². The summed E-state index contributed by atoms with van der Waals surface area (Å²) in [6.07, 6.45) is 2.55. The van der Waals surface area contributed by atoms with Crippen molar-refractivity contribution >= 4 is 29.2 Å². The topological polar surface area (TPSA) is 108 Å². The smallest absolute Gasteiger partial charge is 0.407 e. The summed E-state index contributed by atoms with van der Waals surface area (Å²) < 4.78 is 5.50. The summed E-state index contributed by atoms with van der Waals surface area (Å²) in [5.41, 5.74) is 3.66. The van der Waals surface area contributed by atoms with Crippen LogP contribution in [0.2, 0.25) is 0 Å². The maximum absolute atomic E-state index is 11.8. The van der Waals surface area contributed by atoms with Gasteiger partial charge in [-0.25, -0.2) is 4.79 Å². The lowest BCUT2D eigenvalue weighted by atomic mass is 10.0. The maximum atomic E-state index is 11.8. The fraction of sp³-hybridized carbons (Fsp3) is 0.450. The third-order valence-electron chi connectivity index (χ3n) is 5.13. The van der Waals surface area contributed by atoms with Crippen LogP contribution >= 0.6 is 0 Å². The van der Waals surface area contributed by atoms with Crippen LogP contribution in [0, 0.1) is 0 Å². The summed E-state index contributed by atoms with van der Waals surface area (Å²) in [6.45, 7) is 3.82. The van der Waals surface area contributed by atoms with Crippen molar-refractivity contribution in [1.29, 1.82) is 0 Å². The zero-order valence-electron chi connectivity index (χ0n) is 16.0. The minimum atomic E-state index is -0.354. The van der Waals surface area contributed by atoms with Crippen LogP contribution in [0.25, 0.3) is 0 Å². The van der Waals surface area contributed by atoms with Crippen LogP contribution in [0.1, 0.15) is 50.3 Å². The van der Waals surface area contributed by atoms with Gasteiger partial charge >= 0.3 is 6.09 Å². The number of ether oxygens (including phenoxy) is 1. The molecule has 1 saturated carbocycles. The number of carbonyl (C=O) groups excluding carboxylic acids is 2. The van der Waals surface area contributed by atoms with E-state index in [1.807, 2.05) is 38.1 Å². The number of benzene rings is 1. The quantitative estimate of drug-likeness (QED) is 0.633. The Kier molecular flexibility index (Phi) is 4.93. The number of hydrogen-bond acceptors (Lipinski definition) is 5. The second-order valence-corrected chi connectivity index (χ2v) is 7.73. The Labute approximate surface area is 163 Å². The third kappa shape index (κ3) is 3.95. The summed E-state index contributed by atoms with van der Waals surface area (Å²) >= 11 is 0. The molecule has 2 amide bonds. The number of H-pyrrole nitrogens is 1. The molecule has 0 radical (unpaired) electrons. The van der Waals surface area contributed by atoms with Crippen LogP contribution in [0.5, 0.6) is 0 Å². The van der Waals surface area contributed by atoms with Crippen molar-refractivity contribution in [3.8, 4) is 0 Å². The molecular weight excluding hydrogens is 358 g/mol. The van der Waals surface area contributed by atoms with Gasteiger partial charge in [-0.3, -0.25) is 9.89 Å². The molecule has 4 N–H and O–H groups in total. The summed E-state index contributed by atoms with van der Waals surface area (Å²) in [6, 6.07) is 7.84. The number of rotatable bonds is 5. The van der Waals surface area contributed by atoms with Crippen LogP contribution in [0.4, 0.5) is 22.0 Å². The zero-order chi connectivity index (χ0) is 19.7. The van der Waals surface area contributed by atoms with Gasteiger partial charge in [0.15, 0.2) is 5.82 Å². The molecule has 2 aliphatic rings. The summed E-state index contributed by atoms with van der Waals surface area (Å²) in [7, 11) is 0. The number of nitrogens with one attached hydrogen (secondary N) is 4. The van der Waals surface area contributed by atoms with Crippen molar-refractivity contribution in [2.24, 2.45) is 0 Å². The van der Waals surface area contributed by atoms with Crippen LogP contribution in [0.3, 0.4) is 0 Å². The van der Waals surface area contributed by atoms with Crippen molar-refractivity contribution in [2.75, 3.05) is 10.6 Å². The average Bonchev–Trinajstić information content (AvgIpc) is 3.33. The van der Waals surface area contributed by atoms with Crippen molar-refractivity contribution in [2.45, 2.75) is 57.6 Å². The molecule has 1 aliphatic heterocycles. The van der Waals surface area contributed by atoms with E-state index in [4.69, 9.17) is 4.74 Å². The van der Waals surface area contributed by atoms with E-state index in [-0.39, 0.29) is 30.1 Å². The summed E-state index contributed by atoms with van der Waals surface area (Å²) in [5.74, 6) is 0.984. The van der Waals surface area contributed by atoms with Gasteiger partial charge in [-0.15, -0.1) is 0 Å². The van der Waals surface area contributed by atoms with Crippen molar-refractivity contribution in [3.63, 3.8) is 0 Å². The van der Waals surface area contributed by atoms with E-state index in [1.54, 1.807) is 0 Å². The molecular formula is C20H25N5O3. The minimum Gasteiger partial charge on any atom is -0.446 e. The molecule has 2 atom stereocenters. The molecule has 28 heavy (non-hydrogen) atoms. The van der Waals surface area contributed by atoms with E-state index in [1.165, 1.54) is 0 Å². The number of aromatic amines is 1. The average molecular weight is 383 g/mol. The highest BCUT2D eigenvalue weighted by Crippen LogP contribution is 2.37. The molecule has 1 fully saturated rings. The highest BCUT2D eigenvalue weighted by Gasteiger charge is 2.30. The fourth-order valence-corrected chi connectivity index (χ4v) is 3.85. The van der Waals surface area contributed by atoms with Crippen molar-refractivity contribution < 1.29 is 14.3 Å². The maximum Gasteiger partial charge on any atom is 0.407 e. The van der Waals surface area contributed by atoms with E-state index >= 15 is 0 Å². The molecule has 4 rings (SSSR count). The number of fused-ring (bicyclic) bond motifs is 1. The molecule has 0 spiro atoms. The normalized spacial score (nSPS) is 20.8. The number of carbonyl (C=O) groups is 2. The van der Waals surface area contributed by atoms with Crippen molar-refractivity contribution in [1.82, 2.24) is 15.5 Å². The molecule has 8 heteroatoms. The highest BCUT2D eigenvalue weighted by molar-refractivity contribution is 6.03. The lowest BCUT2D eigenvalue weighted by Crippen LogP contribution is -2.33. The first kappa shape index (κ1) is 18.3. The van der Waals surface area contributed by atoms with E-state index in [0.717, 1.165) is 41.9 Å². The summed E-state index contributed by atoms with van der Waals surface area (Å²) in [5, 5.41) is 16.4. The molecule has 0 bridgehead atoms. The van der Waals surface area contributed by atoms with Crippen LogP contribution in [-0.2, 0) is 16.0 Å². The molecule has 1 aromatic heterocycles. The molecule has 1 aliphatic carbocycles. The SMILES string of the molecule is CC(C)NC(=O)OC1CC[C@H](c2cc(Nc3cccc4c3NC(=O)C4)n[nH]2)C1. The molecule has 2 aromatic rings. The van der Waals surface area contributed by atoms with E-state index < -0.39 is 0 Å². The number of alkyl carbamates (subject to hydrolysis) is 1. The van der Waals surface area contributed by atoms with Gasteiger partial charge in [0, 0.05) is 23.7 Å². The summed E-state index contributed by atoms with van der Waals surface area (Å²) in [4.78, 5) is 23.4. The standard InChI is InChI=1S/C20H25N5O3/c1-11(2)21-20(27)28-14-7-6-12(8-14)16-10-17(25-24-16)22-15-5-3-4-13-9-18(26)23-19(13)15/h3-5,10-12,14H,6-9H2,1-2H3,(H,21,27)(H,23,26)(H2,22,24,25)/t12-,14?/m0/s1. The van der Waals surface area contributed by atoms with Crippen LogP contribution < -0.4 is 16.0 Å². The van der Waals surface area contributed by atoms with E-state index in [0.29, 0.717) is 12.2 Å². The molecule has 8 nitrogen and oxygen atoms in total. The lowest BCUT2D eigenvalue weighted by Gasteiger charge is -2.14. The van der Waals surface area contributed by atoms with Gasteiger partial charge in [0.2, 0.25) is 5.91 Å². The van der Waals surface area contributed by atoms with Gasteiger partial charge in [-0.05, 0) is 44.7 Å². The molecule has 2 heterocycles. The van der Waals surface area contributed by atoms with Crippen LogP contribution in [-0.4, -0.2) is 34.3 Å². The van der Waals surface area contributed by atoms with Gasteiger partial charge < -0.3 is 20.7 Å². The number of nitrogens with zero attached hydrogens (tertiary/aromatic N) is 1. The first-order chi connectivity index (χ1) is 13.5. The number of hydrogen-bond donors (Lipinski definition) is 4. The Hall–Kier alpha value is -3.03. The molecule has 1 aromatic carbocycles. The van der Waals surface area contributed by atoms with Gasteiger partial charge in [0.05, 0.1) is 17.8 Å². The predicted octanol–water partition coefficient (Wildman–Crippen LogP) is 3.42. The Morgan fingerprint density at radius 3 is 3.00 bits per heavy atom. The van der Waals surface area contributed by atoms with E-state index in [2.05, 4.69) is 26.1 Å². The minimum absolute atomic E-state index is 0.00506.